The number of fused-ring (bicyclic) bond motifs is 1. The maximum Gasteiger partial charge on any atom is 0.299 e. The second-order valence-corrected chi connectivity index (χ2v) is 7.24. The summed E-state index contributed by atoms with van der Waals surface area (Å²) in [5.41, 5.74) is 2.09. The lowest BCUT2D eigenvalue weighted by atomic mass is 10.1. The van der Waals surface area contributed by atoms with Crippen molar-refractivity contribution in [3.8, 4) is 11.6 Å². The van der Waals surface area contributed by atoms with E-state index in [0.717, 1.165) is 11.1 Å². The van der Waals surface area contributed by atoms with E-state index < -0.39 is 5.91 Å². The number of aromatic hydroxyl groups is 2. The fourth-order valence-corrected chi connectivity index (χ4v) is 3.21. The Kier molecular flexibility index (Phi) is 4.82. The molecule has 3 aromatic rings. The van der Waals surface area contributed by atoms with Crippen molar-refractivity contribution in [2.24, 2.45) is 10.2 Å². The molecule has 2 N–H and O–H groups in total. The molecule has 0 aliphatic carbocycles. The van der Waals surface area contributed by atoms with Crippen LogP contribution >= 0.6 is 15.9 Å². The van der Waals surface area contributed by atoms with Gasteiger partial charge in [0.2, 0.25) is 5.88 Å². The maximum absolute atomic E-state index is 12.3. The molecule has 0 aliphatic heterocycles. The molecule has 1 heterocycles. The summed E-state index contributed by atoms with van der Waals surface area (Å²) in [4.78, 5) is 12.3. The van der Waals surface area contributed by atoms with Gasteiger partial charge in [-0.15, -0.1) is 10.2 Å². The number of phenolic OH excluding ortho intramolecular Hbond substituents is 1. The molecule has 1 amide bonds. The Hall–Kier alpha value is -2.67. The molecular weight excluding hydrogens is 398 g/mol. The molecule has 6 nitrogen and oxygen atoms in total. The molecule has 0 atom stereocenters. The molecule has 0 bridgehead atoms. The average molecular weight is 416 g/mol. The molecule has 7 heteroatoms. The van der Waals surface area contributed by atoms with Crippen molar-refractivity contribution < 1.29 is 15.0 Å². The highest BCUT2D eigenvalue weighted by Gasteiger charge is 2.19. The minimum atomic E-state index is -0.693. The molecule has 0 saturated heterocycles. The van der Waals surface area contributed by atoms with Crippen molar-refractivity contribution in [3.05, 3.63) is 52.0 Å². The van der Waals surface area contributed by atoms with Gasteiger partial charge in [0.1, 0.15) is 5.75 Å². The van der Waals surface area contributed by atoms with Crippen molar-refractivity contribution in [3.63, 3.8) is 0 Å². The molecule has 0 radical (unpaired) electrons. The van der Waals surface area contributed by atoms with Gasteiger partial charge in [-0.25, -0.2) is 0 Å². The Labute approximate surface area is 158 Å². The highest BCUT2D eigenvalue weighted by molar-refractivity contribution is 9.10. The molecule has 0 saturated carbocycles. The van der Waals surface area contributed by atoms with Gasteiger partial charge in [0.05, 0.1) is 11.1 Å². The molecule has 0 fully saturated rings. The zero-order chi connectivity index (χ0) is 19.0. The third kappa shape index (κ3) is 3.22. The normalized spacial score (nSPS) is 11.7. The predicted molar refractivity (Wildman–Crippen MR) is 103 cm³/mol. The topological polar surface area (TPSA) is 87.2 Å². The summed E-state index contributed by atoms with van der Waals surface area (Å²) in [7, 11) is 0. The third-order valence-electron chi connectivity index (χ3n) is 4.05. The van der Waals surface area contributed by atoms with Crippen LogP contribution in [0, 0.1) is 6.92 Å². The zero-order valence-corrected chi connectivity index (χ0v) is 16.1. The van der Waals surface area contributed by atoms with E-state index in [4.69, 9.17) is 0 Å². The monoisotopic (exact) mass is 415 g/mol. The number of carbonyl (C=O) groups is 1. The Morgan fingerprint density at radius 2 is 1.88 bits per heavy atom. The number of azo groups is 1. The molecule has 26 heavy (non-hydrogen) atoms. The smallest absolute Gasteiger partial charge is 0.299 e. The van der Waals surface area contributed by atoms with Gasteiger partial charge in [-0.3, -0.25) is 4.79 Å². The summed E-state index contributed by atoms with van der Waals surface area (Å²) in [5, 5.41) is 28.9. The number of phenols is 1. The van der Waals surface area contributed by atoms with Gasteiger partial charge in [-0.2, -0.15) is 0 Å². The molecular formula is C19H18BrN3O3. The standard InChI is InChI=1S/C19H18BrN3O3/c1-10(2)23-15-6-4-11(3)8-13(15)17(19(23)26)21-22-18(25)14-9-12(20)5-7-16(14)24/h4-10,24,26H,1-3H3. The van der Waals surface area contributed by atoms with E-state index in [0.29, 0.717) is 9.86 Å². The van der Waals surface area contributed by atoms with Crippen LogP contribution in [0.2, 0.25) is 0 Å². The van der Waals surface area contributed by atoms with E-state index in [1.807, 2.05) is 39.0 Å². The molecule has 1 aromatic heterocycles. The van der Waals surface area contributed by atoms with Crippen molar-refractivity contribution in [1.29, 1.82) is 0 Å². The molecule has 0 spiro atoms. The van der Waals surface area contributed by atoms with Crippen LogP contribution in [-0.4, -0.2) is 20.7 Å². The van der Waals surface area contributed by atoms with E-state index in [-0.39, 0.29) is 28.9 Å². The summed E-state index contributed by atoms with van der Waals surface area (Å²) in [5.74, 6) is -0.918. The van der Waals surface area contributed by atoms with Crippen molar-refractivity contribution in [1.82, 2.24) is 4.57 Å². The van der Waals surface area contributed by atoms with Gasteiger partial charge in [0, 0.05) is 15.9 Å². The first kappa shape index (κ1) is 18.1. The van der Waals surface area contributed by atoms with Crippen molar-refractivity contribution in [2.75, 3.05) is 0 Å². The number of aromatic nitrogens is 1. The lowest BCUT2D eigenvalue weighted by Crippen LogP contribution is -1.99. The van der Waals surface area contributed by atoms with E-state index in [1.165, 1.54) is 12.1 Å². The number of hydrogen-bond acceptors (Lipinski definition) is 4. The van der Waals surface area contributed by atoms with Crippen LogP contribution < -0.4 is 0 Å². The Bertz CT molecular complexity index is 1040. The number of carbonyl (C=O) groups excluding carboxylic acids is 1. The van der Waals surface area contributed by atoms with Gasteiger partial charge >= 0.3 is 0 Å². The van der Waals surface area contributed by atoms with Crippen LogP contribution in [0.25, 0.3) is 10.9 Å². The van der Waals surface area contributed by atoms with Crippen LogP contribution in [0.1, 0.15) is 35.8 Å². The molecule has 0 unspecified atom stereocenters. The van der Waals surface area contributed by atoms with Crippen LogP contribution in [0.15, 0.2) is 51.1 Å². The van der Waals surface area contributed by atoms with Crippen LogP contribution in [-0.2, 0) is 0 Å². The first-order valence-corrected chi connectivity index (χ1v) is 8.87. The second-order valence-electron chi connectivity index (χ2n) is 6.32. The molecule has 134 valence electrons. The summed E-state index contributed by atoms with van der Waals surface area (Å²) in [6.45, 7) is 5.84. The number of hydrogen-bond donors (Lipinski definition) is 2. The quantitative estimate of drug-likeness (QED) is 0.543. The fourth-order valence-electron chi connectivity index (χ4n) is 2.85. The number of nitrogens with zero attached hydrogens (tertiary/aromatic N) is 3. The lowest BCUT2D eigenvalue weighted by molar-refractivity contribution is 0.0992. The number of rotatable bonds is 3. The molecule has 0 aliphatic rings. The van der Waals surface area contributed by atoms with Crippen molar-refractivity contribution >= 4 is 38.4 Å². The lowest BCUT2D eigenvalue weighted by Gasteiger charge is -2.10. The minimum Gasteiger partial charge on any atom is -0.507 e. The van der Waals surface area contributed by atoms with E-state index in [9.17, 15) is 15.0 Å². The average Bonchev–Trinajstić information content (AvgIpc) is 2.85. The Morgan fingerprint density at radius 1 is 1.15 bits per heavy atom. The number of aryl methyl sites for hydroxylation is 1. The third-order valence-corrected chi connectivity index (χ3v) is 4.55. The minimum absolute atomic E-state index is 0.00832. The van der Waals surface area contributed by atoms with E-state index >= 15 is 0 Å². The van der Waals surface area contributed by atoms with Crippen molar-refractivity contribution in [2.45, 2.75) is 26.8 Å². The Balaban J connectivity index is 2.09. The maximum atomic E-state index is 12.3. The van der Waals surface area contributed by atoms with Gasteiger partial charge in [-0.05, 0) is 51.1 Å². The first-order valence-electron chi connectivity index (χ1n) is 8.07. The van der Waals surface area contributed by atoms with E-state index in [1.54, 1.807) is 10.6 Å². The van der Waals surface area contributed by atoms with Crippen LogP contribution in [0.3, 0.4) is 0 Å². The van der Waals surface area contributed by atoms with Crippen LogP contribution in [0.5, 0.6) is 11.6 Å². The highest BCUT2D eigenvalue weighted by Crippen LogP contribution is 2.41. The number of amides is 1. The van der Waals surface area contributed by atoms with Crippen LogP contribution in [0.4, 0.5) is 5.69 Å². The second kappa shape index (κ2) is 6.92. The van der Waals surface area contributed by atoms with Gasteiger partial charge in [0.15, 0.2) is 5.69 Å². The fraction of sp³-hybridized carbons (Fsp3) is 0.211. The highest BCUT2D eigenvalue weighted by atomic mass is 79.9. The largest absolute Gasteiger partial charge is 0.507 e. The number of benzene rings is 2. The van der Waals surface area contributed by atoms with Gasteiger partial charge in [0.25, 0.3) is 5.91 Å². The number of halogens is 1. The zero-order valence-electron chi connectivity index (χ0n) is 14.6. The van der Waals surface area contributed by atoms with E-state index in [2.05, 4.69) is 26.2 Å². The molecule has 2 aromatic carbocycles. The Morgan fingerprint density at radius 3 is 2.58 bits per heavy atom. The summed E-state index contributed by atoms with van der Waals surface area (Å²) >= 11 is 3.25. The summed E-state index contributed by atoms with van der Waals surface area (Å²) < 4.78 is 2.38. The van der Waals surface area contributed by atoms with Gasteiger partial charge < -0.3 is 14.8 Å². The molecule has 3 rings (SSSR count). The SMILES string of the molecule is Cc1ccc2c(c1)c(N=NC(=O)c1cc(Br)ccc1O)c(O)n2C(C)C. The first-order chi connectivity index (χ1) is 12.3. The summed E-state index contributed by atoms with van der Waals surface area (Å²) in [6, 6.07) is 10.2. The predicted octanol–water partition coefficient (Wildman–Crippen LogP) is 5.63. The van der Waals surface area contributed by atoms with Gasteiger partial charge in [-0.1, -0.05) is 27.6 Å². The summed E-state index contributed by atoms with van der Waals surface area (Å²) in [6.07, 6.45) is 0.